The van der Waals surface area contributed by atoms with Gasteiger partial charge in [-0.2, -0.15) is 0 Å². The number of piperidine rings is 1. The topological polar surface area (TPSA) is 29.5 Å². The summed E-state index contributed by atoms with van der Waals surface area (Å²) in [7, 11) is 0. The summed E-state index contributed by atoms with van der Waals surface area (Å²) in [5.41, 5.74) is -0.303. The first-order valence-electron chi connectivity index (χ1n) is 5.81. The van der Waals surface area contributed by atoms with E-state index in [-0.39, 0.29) is 17.2 Å². The smallest absolute Gasteiger partial charge is 0.410 e. The molecule has 3 nitrogen and oxygen atoms in total. The molecule has 0 aromatic carbocycles. The maximum Gasteiger partial charge on any atom is 0.410 e. The molecule has 1 aliphatic heterocycles. The second-order valence-electron chi connectivity index (χ2n) is 6.20. The Morgan fingerprint density at radius 1 is 1.47 bits per heavy atom. The van der Waals surface area contributed by atoms with Crippen LogP contribution in [0.5, 0.6) is 0 Å². The van der Waals surface area contributed by atoms with Crippen LogP contribution < -0.4 is 0 Å². The number of fused-ring (bicyclic) bond motifs is 2. The lowest BCUT2D eigenvalue weighted by atomic mass is 10.0. The molecule has 2 atom stereocenters. The molecule has 1 saturated carbocycles. The fraction of sp³-hybridized carbons (Fsp3) is 0.917. The maximum absolute atomic E-state index is 12.0. The van der Waals surface area contributed by atoms with E-state index in [4.69, 9.17) is 4.74 Å². The van der Waals surface area contributed by atoms with Crippen molar-refractivity contribution in [3.63, 3.8) is 0 Å². The first-order chi connectivity index (χ1) is 6.80. The summed E-state index contributed by atoms with van der Waals surface area (Å²) in [5.74, 6) is 0.711. The van der Waals surface area contributed by atoms with Gasteiger partial charge in [0, 0.05) is 12.1 Å². The van der Waals surface area contributed by atoms with Crippen molar-refractivity contribution in [2.45, 2.75) is 58.1 Å². The van der Waals surface area contributed by atoms with Gasteiger partial charge < -0.3 is 9.64 Å². The van der Waals surface area contributed by atoms with Gasteiger partial charge in [0.1, 0.15) is 5.60 Å². The van der Waals surface area contributed by atoms with Crippen LogP contribution in [-0.2, 0) is 4.74 Å². The Bertz CT molecular complexity index is 282. The molecule has 15 heavy (non-hydrogen) atoms. The number of likely N-dealkylation sites (tertiary alicyclic amines) is 1. The molecule has 2 bridgehead atoms. The minimum Gasteiger partial charge on any atom is -0.444 e. The fourth-order valence-corrected chi connectivity index (χ4v) is 2.83. The molecule has 1 amide bonds. The second kappa shape index (κ2) is 3.13. The molecule has 2 unspecified atom stereocenters. The van der Waals surface area contributed by atoms with Crippen LogP contribution in [0.4, 0.5) is 4.79 Å². The average Bonchev–Trinajstić information content (AvgIpc) is 2.55. The highest BCUT2D eigenvalue weighted by atomic mass is 16.6. The Morgan fingerprint density at radius 2 is 2.13 bits per heavy atom. The summed E-state index contributed by atoms with van der Waals surface area (Å²) in [4.78, 5) is 13.9. The van der Waals surface area contributed by atoms with Gasteiger partial charge in [0.15, 0.2) is 0 Å². The van der Waals surface area contributed by atoms with Crippen molar-refractivity contribution < 1.29 is 9.53 Å². The van der Waals surface area contributed by atoms with Crippen LogP contribution in [0.15, 0.2) is 0 Å². The van der Waals surface area contributed by atoms with Gasteiger partial charge >= 0.3 is 6.09 Å². The SMILES string of the molecule is CC(C)(C)OC(=O)N1CC2CCC1(C)C2. The highest BCUT2D eigenvalue weighted by Crippen LogP contribution is 2.46. The standard InChI is InChI=1S/C12H21NO2/c1-11(2,3)15-10(14)13-8-9-5-6-12(13,4)7-9/h9H,5-8H2,1-4H3. The number of ether oxygens (including phenoxy) is 1. The average molecular weight is 211 g/mol. The summed E-state index contributed by atoms with van der Waals surface area (Å²) < 4.78 is 5.43. The normalized spacial score (nSPS) is 34.7. The summed E-state index contributed by atoms with van der Waals surface area (Å²) in [6, 6.07) is 0. The highest BCUT2D eigenvalue weighted by Gasteiger charge is 2.50. The van der Waals surface area contributed by atoms with E-state index >= 15 is 0 Å². The van der Waals surface area contributed by atoms with Gasteiger partial charge in [-0.1, -0.05) is 0 Å². The van der Waals surface area contributed by atoms with Gasteiger partial charge in [0.05, 0.1) is 0 Å². The molecule has 0 aromatic heterocycles. The maximum atomic E-state index is 12.0. The Hall–Kier alpha value is -0.730. The van der Waals surface area contributed by atoms with Crippen molar-refractivity contribution >= 4 is 6.09 Å². The number of rotatable bonds is 0. The second-order valence-corrected chi connectivity index (χ2v) is 6.20. The Balaban J connectivity index is 2.04. The lowest BCUT2D eigenvalue weighted by Gasteiger charge is -2.36. The van der Waals surface area contributed by atoms with E-state index in [1.54, 1.807) is 0 Å². The number of amides is 1. The van der Waals surface area contributed by atoms with Crippen molar-refractivity contribution in [3.05, 3.63) is 0 Å². The minimum absolute atomic E-state index is 0.0764. The molecule has 0 radical (unpaired) electrons. The summed E-state index contributed by atoms with van der Waals surface area (Å²) in [5, 5.41) is 0. The van der Waals surface area contributed by atoms with Crippen molar-refractivity contribution in [3.8, 4) is 0 Å². The third-order valence-electron chi connectivity index (χ3n) is 3.53. The number of carbonyl (C=O) groups excluding carboxylic acids is 1. The number of carbonyl (C=O) groups is 1. The van der Waals surface area contributed by atoms with Crippen LogP contribution in [0.25, 0.3) is 0 Å². The van der Waals surface area contributed by atoms with Gasteiger partial charge in [-0.3, -0.25) is 0 Å². The molecule has 86 valence electrons. The van der Waals surface area contributed by atoms with Crippen LogP contribution in [0.3, 0.4) is 0 Å². The summed E-state index contributed by atoms with van der Waals surface area (Å²) >= 11 is 0. The Labute approximate surface area is 91.8 Å². The highest BCUT2D eigenvalue weighted by molar-refractivity contribution is 5.70. The van der Waals surface area contributed by atoms with E-state index in [0.29, 0.717) is 5.92 Å². The summed E-state index contributed by atoms with van der Waals surface area (Å²) in [6.07, 6.45) is 3.44. The molecule has 0 aromatic rings. The Morgan fingerprint density at radius 3 is 2.53 bits per heavy atom. The van der Waals surface area contributed by atoms with E-state index < -0.39 is 0 Å². The number of hydrogen-bond acceptors (Lipinski definition) is 2. The molecule has 1 aliphatic carbocycles. The van der Waals surface area contributed by atoms with Crippen LogP contribution in [-0.4, -0.2) is 28.7 Å². The van der Waals surface area contributed by atoms with E-state index in [0.717, 1.165) is 19.4 Å². The zero-order chi connectivity index (χ0) is 11.3. The van der Waals surface area contributed by atoms with E-state index in [9.17, 15) is 4.79 Å². The monoisotopic (exact) mass is 211 g/mol. The molecule has 1 saturated heterocycles. The molecule has 2 fully saturated rings. The van der Waals surface area contributed by atoms with E-state index in [2.05, 4.69) is 6.92 Å². The number of hydrogen-bond donors (Lipinski definition) is 0. The molecule has 2 aliphatic rings. The molecule has 3 heteroatoms. The van der Waals surface area contributed by atoms with Gasteiger partial charge in [-0.25, -0.2) is 4.79 Å². The van der Waals surface area contributed by atoms with Gasteiger partial charge in [-0.15, -0.1) is 0 Å². The molecule has 0 spiro atoms. The predicted octanol–water partition coefficient (Wildman–Crippen LogP) is 2.80. The largest absolute Gasteiger partial charge is 0.444 e. The quantitative estimate of drug-likeness (QED) is 0.616. The van der Waals surface area contributed by atoms with Crippen LogP contribution in [0.1, 0.15) is 47.0 Å². The van der Waals surface area contributed by atoms with E-state index in [1.807, 2.05) is 25.7 Å². The first-order valence-corrected chi connectivity index (χ1v) is 5.81. The van der Waals surface area contributed by atoms with Crippen LogP contribution in [0, 0.1) is 5.92 Å². The zero-order valence-electron chi connectivity index (χ0n) is 10.2. The predicted molar refractivity (Wildman–Crippen MR) is 58.7 cm³/mol. The molecule has 1 heterocycles. The number of nitrogens with zero attached hydrogens (tertiary/aromatic N) is 1. The van der Waals surface area contributed by atoms with Crippen molar-refractivity contribution in [1.82, 2.24) is 4.90 Å². The molecular weight excluding hydrogens is 190 g/mol. The minimum atomic E-state index is -0.380. The molecule has 2 rings (SSSR count). The Kier molecular flexibility index (Phi) is 2.25. The van der Waals surface area contributed by atoms with Crippen LogP contribution >= 0.6 is 0 Å². The summed E-state index contributed by atoms with van der Waals surface area (Å²) in [6.45, 7) is 8.83. The van der Waals surface area contributed by atoms with Crippen molar-refractivity contribution in [2.75, 3.05) is 6.54 Å². The molecular formula is C12H21NO2. The lowest BCUT2D eigenvalue weighted by Crippen LogP contribution is -2.48. The van der Waals surface area contributed by atoms with Crippen molar-refractivity contribution in [2.24, 2.45) is 5.92 Å². The van der Waals surface area contributed by atoms with Crippen molar-refractivity contribution in [1.29, 1.82) is 0 Å². The third kappa shape index (κ3) is 1.97. The van der Waals surface area contributed by atoms with Gasteiger partial charge in [0.25, 0.3) is 0 Å². The first kappa shape index (κ1) is 10.8. The zero-order valence-corrected chi connectivity index (χ0v) is 10.2. The van der Waals surface area contributed by atoms with E-state index in [1.165, 1.54) is 6.42 Å². The fourth-order valence-electron chi connectivity index (χ4n) is 2.83. The molecule has 0 N–H and O–H groups in total. The van der Waals surface area contributed by atoms with Crippen LogP contribution in [0.2, 0.25) is 0 Å². The van der Waals surface area contributed by atoms with Gasteiger partial charge in [-0.05, 0) is 52.9 Å². The lowest BCUT2D eigenvalue weighted by molar-refractivity contribution is 0.00627. The third-order valence-corrected chi connectivity index (χ3v) is 3.53. The van der Waals surface area contributed by atoms with Gasteiger partial charge in [0.2, 0.25) is 0 Å².